The first-order chi connectivity index (χ1) is 8.70. The molecular weight excluding hydrogens is 235 g/mol. The molecule has 5 heteroatoms. The lowest BCUT2D eigenvalue weighted by Crippen LogP contribution is -2.23. The van der Waals surface area contributed by atoms with Crippen molar-refractivity contribution in [2.24, 2.45) is 5.92 Å². The van der Waals surface area contributed by atoms with Crippen LogP contribution in [-0.2, 0) is 9.53 Å². The normalized spacial score (nSPS) is 29.5. The van der Waals surface area contributed by atoms with E-state index < -0.39 is 5.82 Å². The number of nitrogens with one attached hydrogen (secondary N) is 1. The highest BCUT2D eigenvalue weighted by molar-refractivity contribution is 5.89. The molecule has 0 aliphatic carbocycles. The van der Waals surface area contributed by atoms with E-state index in [9.17, 15) is 9.18 Å². The van der Waals surface area contributed by atoms with E-state index in [4.69, 9.17) is 4.74 Å². The van der Waals surface area contributed by atoms with Crippen LogP contribution in [0.4, 0.5) is 10.2 Å². The first-order valence-electron chi connectivity index (χ1n) is 6.27. The van der Waals surface area contributed by atoms with Crippen molar-refractivity contribution in [1.29, 1.82) is 0 Å². The van der Waals surface area contributed by atoms with Gasteiger partial charge in [-0.05, 0) is 37.3 Å². The number of nitrogens with zero attached hydrogens (tertiary/aromatic N) is 1. The van der Waals surface area contributed by atoms with E-state index in [-0.39, 0.29) is 12.0 Å². The predicted octanol–water partition coefficient (Wildman–Crippen LogP) is 2.12. The number of fused-ring (bicyclic) bond motifs is 2. The summed E-state index contributed by atoms with van der Waals surface area (Å²) in [5, 5.41) is 2.68. The van der Waals surface area contributed by atoms with Crippen LogP contribution in [0, 0.1) is 11.7 Å². The van der Waals surface area contributed by atoms with Gasteiger partial charge in [-0.3, -0.25) is 4.79 Å². The molecule has 1 aromatic rings. The molecule has 0 radical (unpaired) electrons. The van der Waals surface area contributed by atoms with Crippen LogP contribution in [-0.4, -0.2) is 23.1 Å². The van der Waals surface area contributed by atoms with Crippen LogP contribution in [0.3, 0.4) is 0 Å². The number of carbonyl (C=O) groups is 1. The summed E-state index contributed by atoms with van der Waals surface area (Å²) < 4.78 is 18.4. The van der Waals surface area contributed by atoms with Gasteiger partial charge in [0, 0.05) is 6.42 Å². The zero-order valence-electron chi connectivity index (χ0n) is 9.93. The van der Waals surface area contributed by atoms with Gasteiger partial charge in [0.1, 0.15) is 11.6 Å². The van der Waals surface area contributed by atoms with E-state index in [1.54, 1.807) is 0 Å². The lowest BCUT2D eigenvalue weighted by Gasteiger charge is -2.17. The molecule has 3 atom stereocenters. The Labute approximate surface area is 105 Å². The summed E-state index contributed by atoms with van der Waals surface area (Å²) in [4.78, 5) is 15.6. The number of aromatic nitrogens is 1. The fourth-order valence-electron chi connectivity index (χ4n) is 2.84. The number of anilines is 1. The Kier molecular flexibility index (Phi) is 2.99. The van der Waals surface area contributed by atoms with Gasteiger partial charge in [-0.15, -0.1) is 0 Å². The highest BCUT2D eigenvalue weighted by Crippen LogP contribution is 2.40. The standard InChI is InChI=1S/C13H15FN2O2/c14-9-1-4-12(15-7-9)16-13(17)6-8-5-10-2-3-11(8)18-10/h1,4,7-8,10-11H,2-3,5-6H2,(H,15,16,17). The number of carbonyl (C=O) groups excluding carboxylic acids is 1. The van der Waals surface area contributed by atoms with Gasteiger partial charge < -0.3 is 10.1 Å². The SMILES string of the molecule is O=C(CC1CC2CCC1O2)Nc1ccc(F)cn1. The molecule has 0 saturated carbocycles. The molecule has 0 aromatic carbocycles. The van der Waals surface area contributed by atoms with Crippen molar-refractivity contribution in [1.82, 2.24) is 4.98 Å². The van der Waals surface area contributed by atoms with Crippen molar-refractivity contribution in [2.45, 2.75) is 37.9 Å². The van der Waals surface area contributed by atoms with E-state index in [1.807, 2.05) is 0 Å². The van der Waals surface area contributed by atoms with Crippen molar-refractivity contribution >= 4 is 11.7 Å². The third kappa shape index (κ3) is 2.36. The van der Waals surface area contributed by atoms with Crippen molar-refractivity contribution < 1.29 is 13.9 Å². The molecule has 3 unspecified atom stereocenters. The second kappa shape index (κ2) is 4.65. The molecule has 4 nitrogen and oxygen atoms in total. The second-order valence-corrected chi connectivity index (χ2v) is 4.98. The van der Waals surface area contributed by atoms with Crippen molar-refractivity contribution in [2.75, 3.05) is 5.32 Å². The second-order valence-electron chi connectivity index (χ2n) is 4.98. The molecule has 2 saturated heterocycles. The Hall–Kier alpha value is -1.49. The van der Waals surface area contributed by atoms with Gasteiger partial charge in [0.15, 0.2) is 0 Å². The molecule has 1 N–H and O–H groups in total. The molecule has 1 aromatic heterocycles. The molecule has 0 spiro atoms. The monoisotopic (exact) mass is 250 g/mol. The van der Waals surface area contributed by atoms with Crippen molar-refractivity contribution in [3.63, 3.8) is 0 Å². The summed E-state index contributed by atoms with van der Waals surface area (Å²) in [6.45, 7) is 0. The zero-order valence-corrected chi connectivity index (χ0v) is 9.93. The third-order valence-electron chi connectivity index (χ3n) is 3.67. The number of hydrogen-bond donors (Lipinski definition) is 1. The number of hydrogen-bond acceptors (Lipinski definition) is 3. The smallest absolute Gasteiger partial charge is 0.225 e. The molecule has 2 bridgehead atoms. The summed E-state index contributed by atoms with van der Waals surface area (Å²) in [7, 11) is 0. The minimum absolute atomic E-state index is 0.0738. The minimum atomic E-state index is -0.408. The van der Waals surface area contributed by atoms with Gasteiger partial charge in [0.05, 0.1) is 18.4 Å². The largest absolute Gasteiger partial charge is 0.375 e. The molecular formula is C13H15FN2O2. The Morgan fingerprint density at radius 3 is 3.00 bits per heavy atom. The van der Waals surface area contributed by atoms with Crippen molar-refractivity contribution in [3.05, 3.63) is 24.1 Å². The number of amides is 1. The number of pyridine rings is 1. The molecule has 18 heavy (non-hydrogen) atoms. The van der Waals surface area contributed by atoms with Crippen LogP contribution < -0.4 is 5.32 Å². The van der Waals surface area contributed by atoms with Crippen LogP contribution in [0.2, 0.25) is 0 Å². The summed E-state index contributed by atoms with van der Waals surface area (Å²) in [6, 6.07) is 2.74. The molecule has 2 aliphatic rings. The summed E-state index contributed by atoms with van der Waals surface area (Å²) in [6.07, 6.45) is 5.34. The minimum Gasteiger partial charge on any atom is -0.375 e. The Bertz CT molecular complexity index is 449. The maximum atomic E-state index is 12.7. The van der Waals surface area contributed by atoms with Crippen LogP contribution in [0.15, 0.2) is 18.3 Å². The lowest BCUT2D eigenvalue weighted by atomic mass is 9.87. The maximum absolute atomic E-state index is 12.7. The van der Waals surface area contributed by atoms with Gasteiger partial charge in [-0.1, -0.05) is 0 Å². The molecule has 3 heterocycles. The molecule has 3 rings (SSSR count). The molecule has 2 fully saturated rings. The van der Waals surface area contributed by atoms with E-state index in [2.05, 4.69) is 10.3 Å². The number of halogens is 1. The van der Waals surface area contributed by atoms with Crippen LogP contribution in [0.25, 0.3) is 0 Å². The van der Waals surface area contributed by atoms with Crippen LogP contribution in [0.5, 0.6) is 0 Å². The van der Waals surface area contributed by atoms with E-state index in [1.165, 1.54) is 12.1 Å². The summed E-state index contributed by atoms with van der Waals surface area (Å²) >= 11 is 0. The maximum Gasteiger partial charge on any atom is 0.225 e. The van der Waals surface area contributed by atoms with Crippen LogP contribution >= 0.6 is 0 Å². The van der Waals surface area contributed by atoms with Crippen LogP contribution in [0.1, 0.15) is 25.7 Å². The average molecular weight is 250 g/mol. The topological polar surface area (TPSA) is 51.2 Å². The van der Waals surface area contributed by atoms with Gasteiger partial charge in [0.25, 0.3) is 0 Å². The van der Waals surface area contributed by atoms with E-state index >= 15 is 0 Å². The fraction of sp³-hybridized carbons (Fsp3) is 0.538. The molecule has 96 valence electrons. The molecule has 2 aliphatic heterocycles. The van der Waals surface area contributed by atoms with Gasteiger partial charge in [-0.2, -0.15) is 0 Å². The summed E-state index contributed by atoms with van der Waals surface area (Å²) in [5.74, 6) is 0.236. The van der Waals surface area contributed by atoms with E-state index in [0.717, 1.165) is 25.5 Å². The Balaban J connectivity index is 1.54. The molecule has 1 amide bonds. The van der Waals surface area contributed by atoms with Gasteiger partial charge >= 0.3 is 0 Å². The Morgan fingerprint density at radius 1 is 1.50 bits per heavy atom. The van der Waals surface area contributed by atoms with Gasteiger partial charge in [-0.25, -0.2) is 9.37 Å². The fourth-order valence-corrected chi connectivity index (χ4v) is 2.84. The van der Waals surface area contributed by atoms with E-state index in [0.29, 0.717) is 24.3 Å². The number of rotatable bonds is 3. The first kappa shape index (κ1) is 11.6. The highest BCUT2D eigenvalue weighted by Gasteiger charge is 2.41. The zero-order chi connectivity index (χ0) is 12.5. The predicted molar refractivity (Wildman–Crippen MR) is 63.4 cm³/mol. The Morgan fingerprint density at radius 2 is 2.39 bits per heavy atom. The van der Waals surface area contributed by atoms with Gasteiger partial charge in [0.2, 0.25) is 5.91 Å². The first-order valence-corrected chi connectivity index (χ1v) is 6.27. The average Bonchev–Trinajstić information content (AvgIpc) is 2.94. The quantitative estimate of drug-likeness (QED) is 0.894. The number of ether oxygens (including phenoxy) is 1. The lowest BCUT2D eigenvalue weighted by molar-refractivity contribution is -0.117. The highest BCUT2D eigenvalue weighted by atomic mass is 19.1. The van der Waals surface area contributed by atoms with Crippen molar-refractivity contribution in [3.8, 4) is 0 Å². The summed E-state index contributed by atoms with van der Waals surface area (Å²) in [5.41, 5.74) is 0. The third-order valence-corrected chi connectivity index (χ3v) is 3.67.